The second-order valence-corrected chi connectivity index (χ2v) is 7.24. The zero-order valence-electron chi connectivity index (χ0n) is 12.2. The van der Waals surface area contributed by atoms with Crippen molar-refractivity contribution >= 4 is 15.9 Å². The molecule has 1 unspecified atom stereocenters. The number of benzene rings is 2. The largest absolute Gasteiger partial charge is 0.207 e. The van der Waals surface area contributed by atoms with Crippen molar-refractivity contribution < 1.29 is 4.39 Å². The maximum Gasteiger partial charge on any atom is 0.126 e. The van der Waals surface area contributed by atoms with Gasteiger partial charge in [0.2, 0.25) is 0 Å². The Morgan fingerprint density at radius 1 is 1.00 bits per heavy atom. The third-order valence-electron chi connectivity index (χ3n) is 3.50. The molecular weight excluding hydrogens is 315 g/mol. The highest BCUT2D eigenvalue weighted by Crippen LogP contribution is 2.30. The Morgan fingerprint density at radius 3 is 2.15 bits per heavy atom. The second-order valence-electron chi connectivity index (χ2n) is 6.14. The molecule has 0 N–H and O–H groups in total. The van der Waals surface area contributed by atoms with Crippen LogP contribution in [-0.4, -0.2) is 0 Å². The molecule has 1 atom stereocenters. The molecule has 2 aromatic rings. The fourth-order valence-electron chi connectivity index (χ4n) is 2.17. The van der Waals surface area contributed by atoms with Crippen molar-refractivity contribution in [1.82, 2.24) is 0 Å². The SMILES string of the molecule is CC(C)(C)c1ccc(C(Br)Cc2ccccc2F)cc1. The quantitative estimate of drug-likeness (QED) is 0.622. The van der Waals surface area contributed by atoms with Crippen LogP contribution >= 0.6 is 15.9 Å². The molecule has 0 amide bonds. The molecular formula is C18H20BrF. The first kappa shape index (κ1) is 15.2. The summed E-state index contributed by atoms with van der Waals surface area (Å²) in [6.45, 7) is 6.60. The first-order chi connectivity index (χ1) is 9.38. The maximum absolute atomic E-state index is 13.7. The lowest BCUT2D eigenvalue weighted by Gasteiger charge is -2.20. The molecule has 20 heavy (non-hydrogen) atoms. The van der Waals surface area contributed by atoms with E-state index >= 15 is 0 Å². The van der Waals surface area contributed by atoms with Gasteiger partial charge in [-0.3, -0.25) is 0 Å². The number of hydrogen-bond acceptors (Lipinski definition) is 0. The van der Waals surface area contributed by atoms with Gasteiger partial charge in [0.1, 0.15) is 5.82 Å². The summed E-state index contributed by atoms with van der Waals surface area (Å²) in [5.41, 5.74) is 3.40. The highest BCUT2D eigenvalue weighted by Gasteiger charge is 2.15. The Kier molecular flexibility index (Phi) is 4.64. The summed E-state index contributed by atoms with van der Waals surface area (Å²) in [7, 11) is 0. The van der Waals surface area contributed by atoms with Crippen LogP contribution in [0.5, 0.6) is 0 Å². The molecule has 2 aromatic carbocycles. The van der Waals surface area contributed by atoms with Crippen LogP contribution in [0, 0.1) is 5.82 Å². The van der Waals surface area contributed by atoms with E-state index in [1.54, 1.807) is 6.07 Å². The summed E-state index contributed by atoms with van der Waals surface area (Å²) in [5, 5.41) is 0. The van der Waals surface area contributed by atoms with E-state index in [-0.39, 0.29) is 16.1 Å². The smallest absolute Gasteiger partial charge is 0.126 e. The van der Waals surface area contributed by atoms with Crippen molar-refractivity contribution in [2.75, 3.05) is 0 Å². The van der Waals surface area contributed by atoms with E-state index in [4.69, 9.17) is 0 Å². The topological polar surface area (TPSA) is 0 Å². The molecule has 0 aliphatic rings. The normalized spacial score (nSPS) is 13.2. The molecule has 0 saturated carbocycles. The van der Waals surface area contributed by atoms with Gasteiger partial charge in [-0.1, -0.05) is 79.2 Å². The first-order valence-electron chi connectivity index (χ1n) is 6.86. The summed E-state index contributed by atoms with van der Waals surface area (Å²) >= 11 is 3.67. The molecule has 2 rings (SSSR count). The average molecular weight is 335 g/mol. The average Bonchev–Trinajstić information content (AvgIpc) is 2.40. The molecule has 0 saturated heterocycles. The number of halogens is 2. The van der Waals surface area contributed by atoms with E-state index in [1.807, 2.05) is 12.1 Å². The summed E-state index contributed by atoms with van der Waals surface area (Å²) in [4.78, 5) is 0.133. The molecule has 0 aliphatic heterocycles. The minimum atomic E-state index is -0.136. The van der Waals surface area contributed by atoms with Crippen LogP contribution in [0.2, 0.25) is 0 Å². The van der Waals surface area contributed by atoms with Crippen molar-refractivity contribution in [3.63, 3.8) is 0 Å². The van der Waals surface area contributed by atoms with Gasteiger partial charge in [0, 0.05) is 4.83 Å². The summed E-state index contributed by atoms with van der Waals surface area (Å²) in [6, 6.07) is 15.5. The van der Waals surface area contributed by atoms with Gasteiger partial charge in [-0.2, -0.15) is 0 Å². The Labute approximate surface area is 129 Å². The minimum Gasteiger partial charge on any atom is -0.207 e. The predicted molar refractivity (Wildman–Crippen MR) is 86.9 cm³/mol. The van der Waals surface area contributed by atoms with E-state index in [0.29, 0.717) is 6.42 Å². The van der Waals surface area contributed by atoms with Crippen LogP contribution < -0.4 is 0 Å². The molecule has 0 heterocycles. The van der Waals surface area contributed by atoms with Crippen molar-refractivity contribution in [3.05, 3.63) is 71.0 Å². The van der Waals surface area contributed by atoms with E-state index in [9.17, 15) is 4.39 Å². The van der Waals surface area contributed by atoms with Gasteiger partial charge in [-0.05, 0) is 34.6 Å². The lowest BCUT2D eigenvalue weighted by Crippen LogP contribution is -2.10. The van der Waals surface area contributed by atoms with Gasteiger partial charge in [0.15, 0.2) is 0 Å². The number of rotatable bonds is 3. The molecule has 0 bridgehead atoms. The van der Waals surface area contributed by atoms with Crippen LogP contribution in [0.3, 0.4) is 0 Å². The summed E-state index contributed by atoms with van der Waals surface area (Å²) in [6.07, 6.45) is 0.654. The fraction of sp³-hybridized carbons (Fsp3) is 0.333. The molecule has 0 aliphatic carbocycles. The molecule has 0 aromatic heterocycles. The minimum absolute atomic E-state index is 0.133. The lowest BCUT2D eigenvalue weighted by molar-refractivity contribution is 0.590. The monoisotopic (exact) mass is 334 g/mol. The van der Waals surface area contributed by atoms with Crippen LogP contribution in [-0.2, 0) is 11.8 Å². The predicted octanol–water partition coefficient (Wildman–Crippen LogP) is 5.80. The van der Waals surface area contributed by atoms with Crippen molar-refractivity contribution in [3.8, 4) is 0 Å². The first-order valence-corrected chi connectivity index (χ1v) is 7.77. The molecule has 2 heteroatoms. The molecule has 0 fully saturated rings. The van der Waals surface area contributed by atoms with Gasteiger partial charge in [-0.25, -0.2) is 4.39 Å². The zero-order chi connectivity index (χ0) is 14.8. The third-order valence-corrected chi connectivity index (χ3v) is 4.35. The second kappa shape index (κ2) is 6.09. The highest BCUT2D eigenvalue weighted by molar-refractivity contribution is 9.09. The number of hydrogen-bond donors (Lipinski definition) is 0. The van der Waals surface area contributed by atoms with E-state index in [1.165, 1.54) is 17.2 Å². The van der Waals surface area contributed by atoms with Crippen LogP contribution in [0.15, 0.2) is 48.5 Å². The summed E-state index contributed by atoms with van der Waals surface area (Å²) in [5.74, 6) is -0.136. The van der Waals surface area contributed by atoms with Crippen LogP contribution in [0.1, 0.15) is 42.3 Å². The number of alkyl halides is 1. The van der Waals surface area contributed by atoms with E-state index in [2.05, 4.69) is 61.0 Å². The zero-order valence-corrected chi connectivity index (χ0v) is 13.7. The third kappa shape index (κ3) is 3.69. The Hall–Kier alpha value is -1.15. The van der Waals surface area contributed by atoms with Crippen molar-refractivity contribution in [1.29, 1.82) is 0 Å². The van der Waals surface area contributed by atoms with E-state index in [0.717, 1.165) is 5.56 Å². The molecule has 0 nitrogen and oxygen atoms in total. The standard InChI is InChI=1S/C18H20BrF/c1-18(2,3)15-10-8-13(9-11-15)16(19)12-14-6-4-5-7-17(14)20/h4-11,16H,12H2,1-3H3. The Bertz CT molecular complexity index is 567. The van der Waals surface area contributed by atoms with Gasteiger partial charge in [0.25, 0.3) is 0 Å². The molecule has 106 valence electrons. The maximum atomic E-state index is 13.7. The molecule has 0 spiro atoms. The van der Waals surface area contributed by atoms with Crippen molar-refractivity contribution in [2.24, 2.45) is 0 Å². The van der Waals surface area contributed by atoms with E-state index < -0.39 is 0 Å². The van der Waals surface area contributed by atoms with Gasteiger partial charge in [-0.15, -0.1) is 0 Å². The van der Waals surface area contributed by atoms with Gasteiger partial charge < -0.3 is 0 Å². The summed E-state index contributed by atoms with van der Waals surface area (Å²) < 4.78 is 13.7. The van der Waals surface area contributed by atoms with Crippen LogP contribution in [0.4, 0.5) is 4.39 Å². The Morgan fingerprint density at radius 2 is 1.60 bits per heavy atom. The van der Waals surface area contributed by atoms with Gasteiger partial charge in [0.05, 0.1) is 0 Å². The van der Waals surface area contributed by atoms with Crippen LogP contribution in [0.25, 0.3) is 0 Å². The fourth-order valence-corrected chi connectivity index (χ4v) is 2.82. The lowest BCUT2D eigenvalue weighted by atomic mass is 9.86. The van der Waals surface area contributed by atoms with Crippen molar-refractivity contribution in [2.45, 2.75) is 37.4 Å². The Balaban J connectivity index is 2.14. The molecule has 0 radical (unpaired) electrons. The van der Waals surface area contributed by atoms with Gasteiger partial charge >= 0.3 is 0 Å². The highest BCUT2D eigenvalue weighted by atomic mass is 79.9.